The van der Waals surface area contributed by atoms with Gasteiger partial charge < -0.3 is 10.2 Å². The fourth-order valence-electron chi connectivity index (χ4n) is 0.881. The maximum Gasteiger partial charge on any atom is 0.126 e. The first-order valence-electron chi connectivity index (χ1n) is 3.29. The smallest absolute Gasteiger partial charge is 0.126 e. The van der Waals surface area contributed by atoms with Crippen LogP contribution in [0.5, 0.6) is 11.5 Å². The molecule has 1 aromatic rings. The first-order valence-corrected chi connectivity index (χ1v) is 3.29. The number of rotatable bonds is 1. The van der Waals surface area contributed by atoms with Crippen LogP contribution in [-0.2, 0) is 0 Å². The van der Waals surface area contributed by atoms with Crippen LogP contribution < -0.4 is 0 Å². The van der Waals surface area contributed by atoms with Gasteiger partial charge in [0.15, 0.2) is 0 Å². The Kier molecular flexibility index (Phi) is 1.85. The second-order valence-corrected chi connectivity index (χ2v) is 2.48. The van der Waals surface area contributed by atoms with Crippen molar-refractivity contribution in [1.29, 1.82) is 0 Å². The van der Waals surface area contributed by atoms with Gasteiger partial charge in [0.05, 0.1) is 0 Å². The maximum absolute atomic E-state index is 9.24. The van der Waals surface area contributed by atoms with E-state index in [4.69, 9.17) is 5.11 Å². The van der Waals surface area contributed by atoms with E-state index in [2.05, 4.69) is 6.58 Å². The lowest BCUT2D eigenvalue weighted by Crippen LogP contribution is -1.78. The van der Waals surface area contributed by atoms with Gasteiger partial charge in [-0.2, -0.15) is 0 Å². The summed E-state index contributed by atoms with van der Waals surface area (Å²) >= 11 is 0. The fraction of sp³-hybridized carbons (Fsp3) is 0.111. The molecule has 0 heterocycles. The SMILES string of the molecule is C=C(C)c1ccc(O)cc1O. The molecule has 2 nitrogen and oxygen atoms in total. The number of phenols is 2. The molecule has 1 aromatic carbocycles. The first-order chi connectivity index (χ1) is 5.11. The molecule has 0 saturated carbocycles. The summed E-state index contributed by atoms with van der Waals surface area (Å²) in [6, 6.07) is 4.45. The van der Waals surface area contributed by atoms with Gasteiger partial charge in [0.2, 0.25) is 0 Å². The summed E-state index contributed by atoms with van der Waals surface area (Å²) < 4.78 is 0. The van der Waals surface area contributed by atoms with Gasteiger partial charge in [-0.25, -0.2) is 0 Å². The summed E-state index contributed by atoms with van der Waals surface area (Å²) in [7, 11) is 0. The van der Waals surface area contributed by atoms with Crippen LogP contribution in [0.2, 0.25) is 0 Å². The van der Waals surface area contributed by atoms with Gasteiger partial charge in [-0.1, -0.05) is 6.58 Å². The molecule has 0 bridgehead atoms. The Morgan fingerprint density at radius 3 is 2.45 bits per heavy atom. The van der Waals surface area contributed by atoms with Crippen molar-refractivity contribution in [2.45, 2.75) is 6.92 Å². The zero-order valence-corrected chi connectivity index (χ0v) is 6.33. The summed E-state index contributed by atoms with van der Waals surface area (Å²) in [6.45, 7) is 5.47. The van der Waals surface area contributed by atoms with E-state index in [0.29, 0.717) is 5.56 Å². The van der Waals surface area contributed by atoms with E-state index < -0.39 is 0 Å². The lowest BCUT2D eigenvalue weighted by atomic mass is 10.1. The molecule has 0 aromatic heterocycles. The van der Waals surface area contributed by atoms with E-state index in [1.807, 2.05) is 0 Å². The van der Waals surface area contributed by atoms with Crippen LogP contribution in [0.1, 0.15) is 12.5 Å². The van der Waals surface area contributed by atoms with Gasteiger partial charge in [-0.05, 0) is 24.6 Å². The fourth-order valence-corrected chi connectivity index (χ4v) is 0.881. The largest absolute Gasteiger partial charge is 0.508 e. The molecule has 0 aliphatic heterocycles. The topological polar surface area (TPSA) is 40.5 Å². The Bertz CT molecular complexity index is 290. The van der Waals surface area contributed by atoms with Crippen molar-refractivity contribution < 1.29 is 10.2 Å². The predicted molar refractivity (Wildman–Crippen MR) is 44.5 cm³/mol. The lowest BCUT2D eigenvalue weighted by Gasteiger charge is -2.02. The average molecular weight is 150 g/mol. The highest BCUT2D eigenvalue weighted by Gasteiger charge is 2.00. The van der Waals surface area contributed by atoms with Gasteiger partial charge in [-0.15, -0.1) is 0 Å². The van der Waals surface area contributed by atoms with E-state index in [-0.39, 0.29) is 11.5 Å². The Labute approximate surface area is 65.4 Å². The van der Waals surface area contributed by atoms with Crippen molar-refractivity contribution in [3.8, 4) is 11.5 Å². The number of hydrogen-bond donors (Lipinski definition) is 2. The van der Waals surface area contributed by atoms with E-state index in [0.717, 1.165) is 5.57 Å². The minimum absolute atomic E-state index is 0.0625. The van der Waals surface area contributed by atoms with Crippen LogP contribution in [0.4, 0.5) is 0 Å². The van der Waals surface area contributed by atoms with Crippen molar-refractivity contribution in [2.24, 2.45) is 0 Å². The van der Waals surface area contributed by atoms with Crippen LogP contribution in [0.3, 0.4) is 0 Å². The third-order valence-electron chi connectivity index (χ3n) is 1.44. The minimum atomic E-state index is 0.0625. The Balaban J connectivity index is 3.20. The molecule has 2 N–H and O–H groups in total. The van der Waals surface area contributed by atoms with Crippen LogP contribution in [0.25, 0.3) is 5.57 Å². The summed E-state index contributed by atoms with van der Waals surface area (Å²) in [5.41, 5.74) is 1.45. The highest BCUT2D eigenvalue weighted by Crippen LogP contribution is 2.26. The van der Waals surface area contributed by atoms with Crippen molar-refractivity contribution in [3.05, 3.63) is 30.3 Å². The molecule has 0 atom stereocenters. The molecule has 1 rings (SSSR count). The zero-order chi connectivity index (χ0) is 8.43. The molecule has 0 saturated heterocycles. The van der Waals surface area contributed by atoms with Crippen molar-refractivity contribution in [3.63, 3.8) is 0 Å². The Morgan fingerprint density at radius 1 is 1.36 bits per heavy atom. The number of aromatic hydroxyl groups is 2. The average Bonchev–Trinajstić information content (AvgIpc) is 1.85. The highest BCUT2D eigenvalue weighted by atomic mass is 16.3. The molecule has 0 fully saturated rings. The monoisotopic (exact) mass is 150 g/mol. The molecule has 0 amide bonds. The van der Waals surface area contributed by atoms with Crippen molar-refractivity contribution in [1.82, 2.24) is 0 Å². The number of phenolic OH excluding ortho intramolecular Hbond substituents is 2. The van der Waals surface area contributed by atoms with Crippen LogP contribution in [0, 0.1) is 0 Å². The highest BCUT2D eigenvalue weighted by molar-refractivity contribution is 5.67. The molecule has 58 valence electrons. The summed E-state index contributed by atoms with van der Waals surface area (Å²) in [5, 5.41) is 18.2. The van der Waals surface area contributed by atoms with E-state index in [1.165, 1.54) is 12.1 Å². The molecule has 11 heavy (non-hydrogen) atoms. The summed E-state index contributed by atoms with van der Waals surface area (Å²) in [6.07, 6.45) is 0. The lowest BCUT2D eigenvalue weighted by molar-refractivity contribution is 0.449. The molecule has 0 aliphatic rings. The molecule has 2 heteroatoms. The van der Waals surface area contributed by atoms with Gasteiger partial charge in [0, 0.05) is 11.6 Å². The van der Waals surface area contributed by atoms with Crippen molar-refractivity contribution in [2.75, 3.05) is 0 Å². The third kappa shape index (κ3) is 1.52. The molecule has 0 radical (unpaired) electrons. The van der Waals surface area contributed by atoms with Crippen LogP contribution in [0.15, 0.2) is 24.8 Å². The van der Waals surface area contributed by atoms with Gasteiger partial charge in [0.1, 0.15) is 11.5 Å². The first kappa shape index (κ1) is 7.66. The standard InChI is InChI=1S/C9H10O2/c1-6(2)8-4-3-7(10)5-9(8)11/h3-5,10-11H,1H2,2H3. The second-order valence-electron chi connectivity index (χ2n) is 2.48. The molecular formula is C9H10O2. The number of benzene rings is 1. The summed E-state index contributed by atoms with van der Waals surface area (Å²) in [4.78, 5) is 0. The third-order valence-corrected chi connectivity index (χ3v) is 1.44. The van der Waals surface area contributed by atoms with Gasteiger partial charge in [0.25, 0.3) is 0 Å². The van der Waals surface area contributed by atoms with E-state index >= 15 is 0 Å². The Hall–Kier alpha value is -1.44. The summed E-state index contributed by atoms with van der Waals surface area (Å²) in [5.74, 6) is 0.130. The van der Waals surface area contributed by atoms with E-state index in [9.17, 15) is 5.11 Å². The normalized spacial score (nSPS) is 9.55. The minimum Gasteiger partial charge on any atom is -0.508 e. The van der Waals surface area contributed by atoms with Crippen LogP contribution in [-0.4, -0.2) is 10.2 Å². The zero-order valence-electron chi connectivity index (χ0n) is 6.33. The molecule has 0 spiro atoms. The quantitative estimate of drug-likeness (QED) is 0.643. The second kappa shape index (κ2) is 2.66. The number of allylic oxidation sites excluding steroid dienone is 1. The van der Waals surface area contributed by atoms with Crippen LogP contribution >= 0.6 is 0 Å². The van der Waals surface area contributed by atoms with Gasteiger partial charge in [-0.3, -0.25) is 0 Å². The Morgan fingerprint density at radius 2 is 2.00 bits per heavy atom. The maximum atomic E-state index is 9.24. The van der Waals surface area contributed by atoms with Crippen molar-refractivity contribution >= 4 is 5.57 Å². The molecular weight excluding hydrogens is 140 g/mol. The molecule has 0 aliphatic carbocycles. The van der Waals surface area contributed by atoms with Gasteiger partial charge >= 0.3 is 0 Å². The number of hydrogen-bond acceptors (Lipinski definition) is 2. The predicted octanol–water partition coefficient (Wildman–Crippen LogP) is 2.13. The molecule has 0 unspecified atom stereocenters. The van der Waals surface area contributed by atoms with E-state index in [1.54, 1.807) is 13.0 Å².